The van der Waals surface area contributed by atoms with Crippen LogP contribution in [0.1, 0.15) is 20.7 Å². The summed E-state index contributed by atoms with van der Waals surface area (Å²) in [6.45, 7) is 0. The van der Waals surface area contributed by atoms with Crippen molar-refractivity contribution in [1.82, 2.24) is 31.1 Å². The van der Waals surface area contributed by atoms with Crippen molar-refractivity contribution in [3.05, 3.63) is 57.8 Å². The number of nitrogens with zero attached hydrogens (tertiary/aromatic N) is 4. The number of halogens is 2. The maximum absolute atomic E-state index is 12.6. The lowest BCUT2D eigenvalue weighted by Gasteiger charge is -2.14. The number of ether oxygens (including phenoxy) is 2. The third kappa shape index (κ3) is 4.39. The maximum atomic E-state index is 12.6. The fourth-order valence-corrected chi connectivity index (χ4v) is 2.85. The Morgan fingerprint density at radius 2 is 1.62 bits per heavy atom. The molecule has 2 aromatic carbocycles. The first-order chi connectivity index (χ1) is 13.9. The van der Waals surface area contributed by atoms with Crippen LogP contribution < -0.4 is 20.3 Å². The highest BCUT2D eigenvalue weighted by molar-refractivity contribution is 6.33. The Balaban J connectivity index is 1.79. The van der Waals surface area contributed by atoms with Crippen LogP contribution in [0.2, 0.25) is 10.0 Å². The summed E-state index contributed by atoms with van der Waals surface area (Å²) in [7, 11) is 2.79. The van der Waals surface area contributed by atoms with Crippen LogP contribution in [0.4, 0.5) is 0 Å². The second-order valence-corrected chi connectivity index (χ2v) is 6.35. The van der Waals surface area contributed by atoms with Crippen molar-refractivity contribution in [2.24, 2.45) is 0 Å². The monoisotopic (exact) mass is 436 g/mol. The normalized spacial score (nSPS) is 10.3. The van der Waals surface area contributed by atoms with Gasteiger partial charge in [-0.15, -0.1) is 5.10 Å². The first kappa shape index (κ1) is 20.4. The largest absolute Gasteiger partial charge is 0.496 e. The van der Waals surface area contributed by atoms with Gasteiger partial charge in [-0.1, -0.05) is 23.2 Å². The molecule has 3 rings (SSSR count). The molecule has 2 amide bonds. The van der Waals surface area contributed by atoms with Gasteiger partial charge in [-0.05, 0) is 34.7 Å². The van der Waals surface area contributed by atoms with Gasteiger partial charge >= 0.3 is 0 Å². The smallest absolute Gasteiger partial charge is 0.273 e. The van der Waals surface area contributed by atoms with E-state index in [-0.39, 0.29) is 27.6 Å². The number of hydrogen-bond donors (Lipinski definition) is 2. The third-order valence-electron chi connectivity index (χ3n) is 3.81. The van der Waals surface area contributed by atoms with Crippen molar-refractivity contribution in [3.8, 4) is 17.2 Å². The molecule has 3 aromatic rings. The van der Waals surface area contributed by atoms with E-state index in [1.165, 1.54) is 55.6 Å². The van der Waals surface area contributed by atoms with E-state index in [0.717, 1.165) is 0 Å². The molecule has 0 bridgehead atoms. The molecule has 29 heavy (non-hydrogen) atoms. The van der Waals surface area contributed by atoms with Crippen LogP contribution in [0.15, 0.2) is 36.7 Å². The summed E-state index contributed by atoms with van der Waals surface area (Å²) in [5.41, 5.74) is 5.32. The number of rotatable bonds is 5. The lowest BCUT2D eigenvalue weighted by atomic mass is 10.1. The minimum absolute atomic E-state index is 0.0951. The molecule has 1 heterocycles. The minimum atomic E-state index is -0.645. The van der Waals surface area contributed by atoms with Gasteiger partial charge in [0.25, 0.3) is 11.8 Å². The molecule has 2 N–H and O–H groups in total. The van der Waals surface area contributed by atoms with E-state index in [4.69, 9.17) is 32.7 Å². The molecule has 0 atom stereocenters. The highest BCUT2D eigenvalue weighted by atomic mass is 35.5. The third-order valence-corrected chi connectivity index (χ3v) is 4.34. The zero-order chi connectivity index (χ0) is 21.0. The fraction of sp³-hybridized carbons (Fsp3) is 0.118. The zero-order valence-electron chi connectivity index (χ0n) is 15.1. The number of hydrogen-bond acceptors (Lipinski definition) is 7. The zero-order valence-corrected chi connectivity index (χ0v) is 16.7. The quantitative estimate of drug-likeness (QED) is 0.587. The van der Waals surface area contributed by atoms with Gasteiger partial charge in [0, 0.05) is 11.1 Å². The maximum Gasteiger partial charge on any atom is 0.273 e. The van der Waals surface area contributed by atoms with Crippen LogP contribution >= 0.6 is 23.2 Å². The van der Waals surface area contributed by atoms with E-state index < -0.39 is 11.8 Å². The Morgan fingerprint density at radius 1 is 0.966 bits per heavy atom. The van der Waals surface area contributed by atoms with Crippen LogP contribution in [0.25, 0.3) is 5.69 Å². The van der Waals surface area contributed by atoms with Gasteiger partial charge in [0.2, 0.25) is 0 Å². The Labute approximate surface area is 174 Å². The fourth-order valence-electron chi connectivity index (χ4n) is 2.44. The lowest BCUT2D eigenvalue weighted by molar-refractivity contribution is 0.0843. The summed E-state index contributed by atoms with van der Waals surface area (Å²) in [6.07, 6.45) is 1.35. The average Bonchev–Trinajstić information content (AvgIpc) is 3.25. The number of carbonyl (C=O) groups excluding carboxylic acids is 2. The van der Waals surface area contributed by atoms with Crippen LogP contribution in [-0.2, 0) is 0 Å². The lowest BCUT2D eigenvalue weighted by Crippen LogP contribution is -2.41. The molecule has 0 radical (unpaired) electrons. The van der Waals surface area contributed by atoms with Gasteiger partial charge in [0.15, 0.2) is 0 Å². The first-order valence-corrected chi connectivity index (χ1v) is 8.75. The first-order valence-electron chi connectivity index (χ1n) is 7.99. The Hall–Kier alpha value is -3.37. The molecular formula is C17H14Cl2N6O4. The molecule has 0 saturated carbocycles. The van der Waals surface area contributed by atoms with Crippen molar-refractivity contribution in [2.75, 3.05) is 14.2 Å². The number of carbonyl (C=O) groups is 2. The molecule has 0 aliphatic heterocycles. The van der Waals surface area contributed by atoms with E-state index in [1.807, 2.05) is 0 Å². The number of nitrogens with one attached hydrogen (secondary N) is 2. The van der Waals surface area contributed by atoms with Crippen molar-refractivity contribution < 1.29 is 19.1 Å². The molecule has 0 spiro atoms. The van der Waals surface area contributed by atoms with Crippen LogP contribution in [0, 0.1) is 0 Å². The number of benzene rings is 2. The summed E-state index contributed by atoms with van der Waals surface area (Å²) in [5, 5.41) is 11.4. The molecule has 10 nitrogen and oxygen atoms in total. The average molecular weight is 437 g/mol. The minimum Gasteiger partial charge on any atom is -0.496 e. The molecule has 0 aliphatic carbocycles. The molecular weight excluding hydrogens is 423 g/mol. The predicted molar refractivity (Wildman–Crippen MR) is 104 cm³/mol. The molecule has 0 fully saturated rings. The van der Waals surface area contributed by atoms with Crippen LogP contribution in [0.5, 0.6) is 11.5 Å². The van der Waals surface area contributed by atoms with Gasteiger partial charge in [0.05, 0.1) is 36.1 Å². The molecule has 12 heteroatoms. The Kier molecular flexibility index (Phi) is 6.15. The SMILES string of the molecule is COc1cc(Cl)ccc1C(=O)NNC(=O)c1cc(Cl)c(-n2cnnn2)cc1OC. The highest BCUT2D eigenvalue weighted by Crippen LogP contribution is 2.29. The molecule has 0 unspecified atom stereocenters. The number of amides is 2. The summed E-state index contributed by atoms with van der Waals surface area (Å²) >= 11 is 12.1. The second kappa shape index (κ2) is 8.76. The van der Waals surface area contributed by atoms with E-state index in [0.29, 0.717) is 10.7 Å². The summed E-state index contributed by atoms with van der Waals surface area (Å²) in [5.74, 6) is -0.776. The Morgan fingerprint density at radius 3 is 2.24 bits per heavy atom. The van der Waals surface area contributed by atoms with E-state index in [1.54, 1.807) is 0 Å². The van der Waals surface area contributed by atoms with Crippen molar-refractivity contribution in [3.63, 3.8) is 0 Å². The second-order valence-electron chi connectivity index (χ2n) is 5.51. The van der Waals surface area contributed by atoms with Crippen LogP contribution in [-0.4, -0.2) is 46.2 Å². The van der Waals surface area contributed by atoms with Crippen molar-refractivity contribution in [1.29, 1.82) is 0 Å². The number of methoxy groups -OCH3 is 2. The van der Waals surface area contributed by atoms with Gasteiger partial charge in [-0.2, -0.15) is 4.68 Å². The summed E-state index contributed by atoms with van der Waals surface area (Å²) in [6, 6.07) is 7.36. The van der Waals surface area contributed by atoms with Crippen molar-refractivity contribution in [2.45, 2.75) is 0 Å². The number of hydrazine groups is 1. The molecule has 0 saturated heterocycles. The van der Waals surface area contributed by atoms with Gasteiger partial charge in [-0.3, -0.25) is 20.4 Å². The van der Waals surface area contributed by atoms with Gasteiger partial charge in [0.1, 0.15) is 17.8 Å². The molecule has 0 aliphatic rings. The van der Waals surface area contributed by atoms with Gasteiger partial charge < -0.3 is 9.47 Å². The number of tetrazole rings is 1. The van der Waals surface area contributed by atoms with E-state index >= 15 is 0 Å². The molecule has 1 aromatic heterocycles. The molecule has 150 valence electrons. The topological polar surface area (TPSA) is 120 Å². The predicted octanol–water partition coefficient (Wildman–Crippen LogP) is 2.06. The highest BCUT2D eigenvalue weighted by Gasteiger charge is 2.19. The van der Waals surface area contributed by atoms with Crippen molar-refractivity contribution >= 4 is 35.0 Å². The van der Waals surface area contributed by atoms with Gasteiger partial charge in [-0.25, -0.2) is 0 Å². The summed E-state index contributed by atoms with van der Waals surface area (Å²) in [4.78, 5) is 24.9. The van der Waals surface area contributed by atoms with E-state index in [2.05, 4.69) is 26.4 Å². The standard InChI is InChI=1S/C17H14Cl2N6O4/c1-28-14-5-9(18)3-4-10(14)16(26)21-22-17(27)11-6-12(19)13(7-15(11)29-2)25-8-20-23-24-25/h3-8H,1-2H3,(H,21,26)(H,22,27). The van der Waals surface area contributed by atoms with E-state index in [9.17, 15) is 9.59 Å². The summed E-state index contributed by atoms with van der Waals surface area (Å²) < 4.78 is 11.7. The Bertz CT molecular complexity index is 1060. The van der Waals surface area contributed by atoms with Crippen LogP contribution in [0.3, 0.4) is 0 Å². The number of aromatic nitrogens is 4.